The number of hydrogen-bond donors (Lipinski definition) is 1. The summed E-state index contributed by atoms with van der Waals surface area (Å²) >= 11 is 0. The van der Waals surface area contributed by atoms with Crippen LogP contribution in [0.1, 0.15) is 11.1 Å². The number of phenols is 1. The molecule has 0 fully saturated rings. The maximum Gasteiger partial charge on any atom is 0.203 e. The van der Waals surface area contributed by atoms with Crippen molar-refractivity contribution < 1.29 is 24.1 Å². The lowest BCUT2D eigenvalue weighted by Crippen LogP contribution is -1.98. The first-order chi connectivity index (χ1) is 12.1. The molecule has 6 nitrogen and oxygen atoms in total. The Labute approximate surface area is 146 Å². The van der Waals surface area contributed by atoms with Crippen molar-refractivity contribution in [3.63, 3.8) is 0 Å². The molecule has 6 heteroatoms. The summed E-state index contributed by atoms with van der Waals surface area (Å²) in [6, 6.07) is 10.4. The molecule has 0 atom stereocenters. The van der Waals surface area contributed by atoms with E-state index >= 15 is 0 Å². The second-order valence-electron chi connectivity index (χ2n) is 4.99. The fourth-order valence-electron chi connectivity index (χ4n) is 2.49. The fraction of sp³-hybridized carbons (Fsp3) is 0.211. The SMILES string of the molecule is COc1ccc(/C(=C\C#N)c2cc(OC)c(OC)c(OC)c2)cc1O. The van der Waals surface area contributed by atoms with Gasteiger partial charge in [0.25, 0.3) is 0 Å². The second kappa shape index (κ2) is 7.97. The summed E-state index contributed by atoms with van der Waals surface area (Å²) in [6.07, 6.45) is 1.39. The van der Waals surface area contributed by atoms with E-state index in [9.17, 15) is 10.4 Å². The summed E-state index contributed by atoms with van der Waals surface area (Å²) in [5.41, 5.74) is 1.93. The van der Waals surface area contributed by atoms with Gasteiger partial charge in [-0.05, 0) is 41.0 Å². The number of aromatic hydroxyl groups is 1. The first-order valence-corrected chi connectivity index (χ1v) is 7.37. The van der Waals surface area contributed by atoms with Crippen LogP contribution in [0.2, 0.25) is 0 Å². The van der Waals surface area contributed by atoms with Crippen LogP contribution >= 0.6 is 0 Å². The lowest BCUT2D eigenvalue weighted by atomic mass is 9.96. The van der Waals surface area contributed by atoms with Gasteiger partial charge >= 0.3 is 0 Å². The highest BCUT2D eigenvalue weighted by Gasteiger charge is 2.17. The molecule has 25 heavy (non-hydrogen) atoms. The maximum atomic E-state index is 10.0. The molecule has 0 saturated carbocycles. The van der Waals surface area contributed by atoms with Crippen LogP contribution in [0, 0.1) is 11.3 Å². The Morgan fingerprint density at radius 1 is 0.880 bits per heavy atom. The first-order valence-electron chi connectivity index (χ1n) is 7.37. The normalized spacial score (nSPS) is 10.8. The minimum Gasteiger partial charge on any atom is -0.504 e. The molecular weight excluding hydrogens is 322 g/mol. The van der Waals surface area contributed by atoms with Gasteiger partial charge in [-0.1, -0.05) is 6.07 Å². The van der Waals surface area contributed by atoms with Crippen LogP contribution in [0.3, 0.4) is 0 Å². The van der Waals surface area contributed by atoms with Gasteiger partial charge in [-0.15, -0.1) is 0 Å². The third kappa shape index (κ3) is 3.61. The van der Waals surface area contributed by atoms with Crippen molar-refractivity contribution in [2.45, 2.75) is 0 Å². The van der Waals surface area contributed by atoms with Crippen molar-refractivity contribution in [3.05, 3.63) is 47.5 Å². The highest BCUT2D eigenvalue weighted by Crippen LogP contribution is 2.41. The van der Waals surface area contributed by atoms with Gasteiger partial charge in [-0.2, -0.15) is 5.26 Å². The highest BCUT2D eigenvalue weighted by atomic mass is 16.5. The van der Waals surface area contributed by atoms with Crippen LogP contribution in [0.25, 0.3) is 5.57 Å². The predicted octanol–water partition coefficient (Wildman–Crippen LogP) is 3.38. The monoisotopic (exact) mass is 341 g/mol. The molecule has 2 aromatic carbocycles. The van der Waals surface area contributed by atoms with E-state index in [0.29, 0.717) is 39.7 Å². The van der Waals surface area contributed by atoms with E-state index in [2.05, 4.69) is 0 Å². The number of methoxy groups -OCH3 is 4. The summed E-state index contributed by atoms with van der Waals surface area (Å²) in [4.78, 5) is 0. The molecule has 0 saturated heterocycles. The van der Waals surface area contributed by atoms with Gasteiger partial charge in [0, 0.05) is 6.08 Å². The lowest BCUT2D eigenvalue weighted by Gasteiger charge is -2.16. The molecule has 0 amide bonds. The van der Waals surface area contributed by atoms with Crippen LogP contribution in [0.5, 0.6) is 28.7 Å². The van der Waals surface area contributed by atoms with E-state index in [0.717, 1.165) is 0 Å². The van der Waals surface area contributed by atoms with Gasteiger partial charge < -0.3 is 24.1 Å². The summed E-state index contributed by atoms with van der Waals surface area (Å²) in [5.74, 6) is 1.74. The van der Waals surface area contributed by atoms with Crippen LogP contribution in [0.15, 0.2) is 36.4 Å². The Morgan fingerprint density at radius 3 is 1.92 bits per heavy atom. The molecule has 0 bridgehead atoms. The standard InChI is InChI=1S/C19H19NO5/c1-22-16-6-5-12(9-15(16)21)14(7-8-20)13-10-17(23-2)19(25-4)18(11-13)24-3/h5-7,9-11,21H,1-4H3/b14-7+. The molecule has 0 radical (unpaired) electrons. The van der Waals surface area contributed by atoms with E-state index in [1.807, 2.05) is 6.07 Å². The van der Waals surface area contributed by atoms with E-state index in [1.54, 1.807) is 24.3 Å². The van der Waals surface area contributed by atoms with Crippen molar-refractivity contribution in [3.8, 4) is 34.8 Å². The van der Waals surface area contributed by atoms with Crippen LogP contribution in [-0.4, -0.2) is 33.5 Å². The van der Waals surface area contributed by atoms with Gasteiger partial charge in [0.1, 0.15) is 0 Å². The van der Waals surface area contributed by atoms with Crippen molar-refractivity contribution in [2.75, 3.05) is 28.4 Å². The van der Waals surface area contributed by atoms with Crippen molar-refractivity contribution in [1.82, 2.24) is 0 Å². The molecule has 0 heterocycles. The number of phenolic OH excluding ortho intramolecular Hbond substituents is 1. The average molecular weight is 341 g/mol. The molecule has 2 rings (SSSR count). The molecule has 0 unspecified atom stereocenters. The van der Waals surface area contributed by atoms with Gasteiger partial charge in [-0.3, -0.25) is 0 Å². The van der Waals surface area contributed by atoms with Crippen molar-refractivity contribution in [2.24, 2.45) is 0 Å². The van der Waals surface area contributed by atoms with E-state index in [4.69, 9.17) is 18.9 Å². The summed E-state index contributed by atoms with van der Waals surface area (Å²) in [5, 5.41) is 19.2. The Morgan fingerprint density at radius 2 is 1.48 bits per heavy atom. The zero-order valence-corrected chi connectivity index (χ0v) is 14.5. The molecule has 0 aliphatic rings. The molecule has 0 aliphatic carbocycles. The number of ether oxygens (including phenoxy) is 4. The molecule has 0 aliphatic heterocycles. The lowest BCUT2D eigenvalue weighted by molar-refractivity contribution is 0.324. The van der Waals surface area contributed by atoms with Gasteiger partial charge in [0.2, 0.25) is 5.75 Å². The van der Waals surface area contributed by atoms with Crippen molar-refractivity contribution in [1.29, 1.82) is 5.26 Å². The zero-order valence-electron chi connectivity index (χ0n) is 14.5. The third-order valence-corrected chi connectivity index (χ3v) is 3.67. The smallest absolute Gasteiger partial charge is 0.203 e. The number of nitriles is 1. The van der Waals surface area contributed by atoms with Gasteiger partial charge in [0.05, 0.1) is 34.5 Å². The molecule has 0 aromatic heterocycles. The second-order valence-corrected chi connectivity index (χ2v) is 4.99. The molecule has 2 aromatic rings. The van der Waals surface area contributed by atoms with Crippen LogP contribution in [0.4, 0.5) is 0 Å². The Bertz CT molecular complexity index is 811. The molecule has 0 spiro atoms. The third-order valence-electron chi connectivity index (χ3n) is 3.67. The quantitative estimate of drug-likeness (QED) is 0.811. The summed E-state index contributed by atoms with van der Waals surface area (Å²) < 4.78 is 21.1. The van der Waals surface area contributed by atoms with Crippen molar-refractivity contribution >= 4 is 5.57 Å². The fourth-order valence-corrected chi connectivity index (χ4v) is 2.49. The van der Waals surface area contributed by atoms with E-state index in [1.165, 1.54) is 40.6 Å². The largest absolute Gasteiger partial charge is 0.504 e. The van der Waals surface area contributed by atoms with Gasteiger partial charge in [-0.25, -0.2) is 0 Å². The topological polar surface area (TPSA) is 80.9 Å². The Balaban J connectivity index is 2.64. The van der Waals surface area contributed by atoms with E-state index in [-0.39, 0.29) is 5.75 Å². The molecule has 130 valence electrons. The number of hydrogen-bond acceptors (Lipinski definition) is 6. The summed E-state index contributed by atoms with van der Waals surface area (Å²) in [6.45, 7) is 0. The number of benzene rings is 2. The highest BCUT2D eigenvalue weighted by molar-refractivity contribution is 5.84. The number of rotatable bonds is 6. The first kappa shape index (κ1) is 18.0. The minimum atomic E-state index is -0.0173. The van der Waals surface area contributed by atoms with Crippen LogP contribution < -0.4 is 18.9 Å². The van der Waals surface area contributed by atoms with Crippen LogP contribution in [-0.2, 0) is 0 Å². The Hall–Kier alpha value is -3.33. The predicted molar refractivity (Wildman–Crippen MR) is 93.4 cm³/mol. The number of allylic oxidation sites excluding steroid dienone is 1. The zero-order chi connectivity index (χ0) is 18.4. The number of nitrogens with zero attached hydrogens (tertiary/aromatic N) is 1. The minimum absolute atomic E-state index is 0.0173. The molecular formula is C19H19NO5. The summed E-state index contributed by atoms with van der Waals surface area (Å²) in [7, 11) is 6.04. The van der Waals surface area contributed by atoms with Gasteiger partial charge in [0.15, 0.2) is 23.0 Å². The van der Waals surface area contributed by atoms with E-state index < -0.39 is 0 Å². The molecule has 1 N–H and O–H groups in total. The average Bonchev–Trinajstić information content (AvgIpc) is 2.64. The Kier molecular flexibility index (Phi) is 5.75. The maximum absolute atomic E-state index is 10.0.